The Hall–Kier alpha value is -1.23. The van der Waals surface area contributed by atoms with Gasteiger partial charge in [0.1, 0.15) is 0 Å². The SMILES string of the molecule is Cc1cc([N+](=O)[O-])cc(C)c1N1CCSCC1. The van der Waals surface area contributed by atoms with E-state index in [1.807, 2.05) is 25.6 Å². The van der Waals surface area contributed by atoms with Gasteiger partial charge in [-0.2, -0.15) is 11.8 Å². The third kappa shape index (κ3) is 2.54. The molecule has 0 N–H and O–H groups in total. The minimum absolute atomic E-state index is 0.190. The lowest BCUT2D eigenvalue weighted by molar-refractivity contribution is -0.384. The lowest BCUT2D eigenvalue weighted by Crippen LogP contribution is -2.33. The fourth-order valence-electron chi connectivity index (χ4n) is 2.32. The molecule has 1 aliphatic rings. The van der Waals surface area contributed by atoms with E-state index in [1.165, 1.54) is 5.69 Å². The Morgan fingerprint density at radius 3 is 2.24 bits per heavy atom. The number of hydrogen-bond acceptors (Lipinski definition) is 4. The Labute approximate surface area is 105 Å². The van der Waals surface area contributed by atoms with Gasteiger partial charge in [-0.25, -0.2) is 0 Å². The summed E-state index contributed by atoms with van der Waals surface area (Å²) in [5.41, 5.74) is 3.37. The van der Waals surface area contributed by atoms with Gasteiger partial charge in [0.2, 0.25) is 0 Å². The molecule has 4 nitrogen and oxygen atoms in total. The maximum absolute atomic E-state index is 10.8. The number of nitrogens with zero attached hydrogens (tertiary/aromatic N) is 2. The standard InChI is InChI=1S/C12H16N2O2S/c1-9-7-11(14(15)16)8-10(2)12(9)13-3-5-17-6-4-13/h7-8H,3-6H2,1-2H3. The summed E-state index contributed by atoms with van der Waals surface area (Å²) < 4.78 is 0. The van der Waals surface area contributed by atoms with Crippen LogP contribution in [0.2, 0.25) is 0 Å². The fraction of sp³-hybridized carbons (Fsp3) is 0.500. The van der Waals surface area contributed by atoms with Gasteiger partial charge >= 0.3 is 0 Å². The van der Waals surface area contributed by atoms with E-state index in [1.54, 1.807) is 12.1 Å². The zero-order valence-electron chi connectivity index (χ0n) is 10.1. The second-order valence-corrected chi connectivity index (χ2v) is 5.51. The average molecular weight is 252 g/mol. The molecule has 0 spiro atoms. The third-order valence-corrected chi connectivity index (χ3v) is 3.96. The Balaban J connectivity index is 2.37. The van der Waals surface area contributed by atoms with Gasteiger partial charge in [-0.15, -0.1) is 0 Å². The number of hydrogen-bond donors (Lipinski definition) is 0. The first-order valence-corrected chi connectivity index (χ1v) is 6.83. The monoisotopic (exact) mass is 252 g/mol. The van der Waals surface area contributed by atoms with E-state index in [9.17, 15) is 10.1 Å². The summed E-state index contributed by atoms with van der Waals surface area (Å²) in [5, 5.41) is 10.8. The molecule has 1 aromatic rings. The van der Waals surface area contributed by atoms with Crippen LogP contribution in [0, 0.1) is 24.0 Å². The van der Waals surface area contributed by atoms with Crippen molar-refractivity contribution < 1.29 is 4.92 Å². The predicted molar refractivity (Wildman–Crippen MR) is 72.1 cm³/mol. The van der Waals surface area contributed by atoms with Crippen molar-refractivity contribution in [1.82, 2.24) is 0 Å². The number of rotatable bonds is 2. The first-order valence-electron chi connectivity index (χ1n) is 5.68. The summed E-state index contributed by atoms with van der Waals surface area (Å²) in [6.45, 7) is 5.97. The normalized spacial score (nSPS) is 16.0. The summed E-state index contributed by atoms with van der Waals surface area (Å²) in [6.07, 6.45) is 0. The second-order valence-electron chi connectivity index (χ2n) is 4.28. The topological polar surface area (TPSA) is 46.4 Å². The van der Waals surface area contributed by atoms with E-state index in [0.29, 0.717) is 0 Å². The zero-order chi connectivity index (χ0) is 12.4. The summed E-state index contributed by atoms with van der Waals surface area (Å²) >= 11 is 1.96. The molecule has 0 aliphatic carbocycles. The van der Waals surface area contributed by atoms with Crippen LogP contribution in [-0.2, 0) is 0 Å². The first kappa shape index (κ1) is 12.2. The maximum Gasteiger partial charge on any atom is 0.270 e. The smallest absolute Gasteiger partial charge is 0.270 e. The van der Waals surface area contributed by atoms with Crippen LogP contribution in [0.3, 0.4) is 0 Å². The molecule has 1 heterocycles. The van der Waals surface area contributed by atoms with Gasteiger partial charge in [-0.1, -0.05) is 0 Å². The van der Waals surface area contributed by atoms with Crippen molar-refractivity contribution in [1.29, 1.82) is 0 Å². The molecule has 5 heteroatoms. The van der Waals surface area contributed by atoms with Gasteiger partial charge < -0.3 is 4.90 Å². The van der Waals surface area contributed by atoms with Crippen LogP contribution in [0.5, 0.6) is 0 Å². The minimum atomic E-state index is -0.324. The van der Waals surface area contributed by atoms with Crippen molar-refractivity contribution in [2.24, 2.45) is 0 Å². The predicted octanol–water partition coefficient (Wildman–Crippen LogP) is 2.76. The molecule has 0 radical (unpaired) electrons. The molecule has 1 aromatic carbocycles. The van der Waals surface area contributed by atoms with Crippen LogP contribution < -0.4 is 4.90 Å². The highest BCUT2D eigenvalue weighted by molar-refractivity contribution is 7.99. The van der Waals surface area contributed by atoms with E-state index in [-0.39, 0.29) is 10.6 Å². The highest BCUT2D eigenvalue weighted by Crippen LogP contribution is 2.30. The molecule has 0 atom stereocenters. The van der Waals surface area contributed by atoms with Crippen LogP contribution in [0.4, 0.5) is 11.4 Å². The molecular formula is C12H16N2O2S. The Bertz CT molecular complexity index is 419. The van der Waals surface area contributed by atoms with E-state index in [0.717, 1.165) is 35.7 Å². The summed E-state index contributed by atoms with van der Waals surface area (Å²) in [6, 6.07) is 3.34. The summed E-state index contributed by atoms with van der Waals surface area (Å²) in [4.78, 5) is 12.8. The molecule has 0 unspecified atom stereocenters. The largest absolute Gasteiger partial charge is 0.369 e. The van der Waals surface area contributed by atoms with Crippen molar-refractivity contribution in [3.63, 3.8) is 0 Å². The third-order valence-electron chi connectivity index (χ3n) is 3.01. The van der Waals surface area contributed by atoms with Gasteiger partial charge in [0.25, 0.3) is 5.69 Å². The average Bonchev–Trinajstić information content (AvgIpc) is 2.29. The number of anilines is 1. The van der Waals surface area contributed by atoms with Crippen molar-refractivity contribution in [3.05, 3.63) is 33.4 Å². The molecule has 1 aliphatic heterocycles. The number of benzene rings is 1. The molecule has 2 rings (SSSR count). The van der Waals surface area contributed by atoms with Gasteiger partial charge in [0.15, 0.2) is 0 Å². The molecule has 17 heavy (non-hydrogen) atoms. The van der Waals surface area contributed by atoms with Crippen molar-refractivity contribution >= 4 is 23.1 Å². The quantitative estimate of drug-likeness (QED) is 0.600. The Morgan fingerprint density at radius 1 is 1.24 bits per heavy atom. The molecule has 1 fully saturated rings. The highest BCUT2D eigenvalue weighted by atomic mass is 32.2. The van der Waals surface area contributed by atoms with Crippen LogP contribution in [-0.4, -0.2) is 29.5 Å². The van der Waals surface area contributed by atoms with Gasteiger partial charge in [-0.05, 0) is 25.0 Å². The number of aryl methyl sites for hydroxylation is 2. The zero-order valence-corrected chi connectivity index (χ0v) is 10.9. The molecular weight excluding hydrogens is 236 g/mol. The van der Waals surface area contributed by atoms with E-state index in [4.69, 9.17) is 0 Å². The molecule has 0 amide bonds. The molecule has 0 saturated carbocycles. The van der Waals surface area contributed by atoms with Gasteiger partial charge in [-0.3, -0.25) is 10.1 Å². The van der Waals surface area contributed by atoms with Crippen LogP contribution >= 0.6 is 11.8 Å². The number of thioether (sulfide) groups is 1. The van der Waals surface area contributed by atoms with Gasteiger partial charge in [0, 0.05) is 42.4 Å². The second kappa shape index (κ2) is 4.96. The van der Waals surface area contributed by atoms with E-state index in [2.05, 4.69) is 4.90 Å². The fourth-order valence-corrected chi connectivity index (χ4v) is 3.23. The van der Waals surface area contributed by atoms with Crippen LogP contribution in [0.1, 0.15) is 11.1 Å². The maximum atomic E-state index is 10.8. The van der Waals surface area contributed by atoms with Crippen molar-refractivity contribution in [2.45, 2.75) is 13.8 Å². The summed E-state index contributed by atoms with van der Waals surface area (Å²) in [5.74, 6) is 2.27. The molecule has 0 bridgehead atoms. The molecule has 92 valence electrons. The van der Waals surface area contributed by atoms with Crippen molar-refractivity contribution in [3.8, 4) is 0 Å². The number of non-ortho nitro benzene ring substituents is 1. The lowest BCUT2D eigenvalue weighted by atomic mass is 10.1. The minimum Gasteiger partial charge on any atom is -0.369 e. The van der Waals surface area contributed by atoms with Gasteiger partial charge in [0.05, 0.1) is 4.92 Å². The molecule has 1 saturated heterocycles. The Morgan fingerprint density at radius 2 is 1.76 bits per heavy atom. The first-order chi connectivity index (χ1) is 8.09. The van der Waals surface area contributed by atoms with Crippen LogP contribution in [0.25, 0.3) is 0 Å². The van der Waals surface area contributed by atoms with Crippen LogP contribution in [0.15, 0.2) is 12.1 Å². The highest BCUT2D eigenvalue weighted by Gasteiger charge is 2.18. The Kier molecular flexibility index (Phi) is 3.57. The lowest BCUT2D eigenvalue weighted by Gasteiger charge is -2.31. The van der Waals surface area contributed by atoms with E-state index >= 15 is 0 Å². The van der Waals surface area contributed by atoms with E-state index < -0.39 is 0 Å². The number of nitro groups is 1. The van der Waals surface area contributed by atoms with Crippen molar-refractivity contribution in [2.75, 3.05) is 29.5 Å². The molecule has 0 aromatic heterocycles. The number of nitro benzene ring substituents is 1. The summed E-state index contributed by atoms with van der Waals surface area (Å²) in [7, 11) is 0.